The zero-order valence-corrected chi connectivity index (χ0v) is 6.24. The highest BCUT2D eigenvalue weighted by Gasteiger charge is 1.90. The molecule has 3 heteroatoms. The molecule has 0 atom stereocenters. The first-order valence-electron chi connectivity index (χ1n) is 2.65. The fourth-order valence-corrected chi connectivity index (χ4v) is 0.776. The molecule has 0 aliphatic carbocycles. The maximum atomic E-state index is 8.65. The predicted molar refractivity (Wildman–Crippen MR) is 41.9 cm³/mol. The quantitative estimate of drug-likeness (QED) is 0.362. The summed E-state index contributed by atoms with van der Waals surface area (Å²) in [7, 11) is 0. The van der Waals surface area contributed by atoms with E-state index in [9.17, 15) is 0 Å². The van der Waals surface area contributed by atoms with Crippen LogP contribution in [0.4, 0.5) is 0 Å². The van der Waals surface area contributed by atoms with Crippen molar-refractivity contribution in [3.8, 4) is 0 Å². The van der Waals surface area contributed by atoms with E-state index < -0.39 is 0 Å². The van der Waals surface area contributed by atoms with E-state index in [4.69, 9.17) is 10.2 Å². The molecular formula is C6H11NOS. The van der Waals surface area contributed by atoms with E-state index in [1.165, 1.54) is 0 Å². The lowest BCUT2D eigenvalue weighted by molar-refractivity contribution is 0.435. The molecule has 52 valence electrons. The van der Waals surface area contributed by atoms with Crippen LogP contribution < -0.4 is 5.14 Å². The van der Waals surface area contributed by atoms with Gasteiger partial charge in [-0.05, 0) is 12.5 Å². The average molecular weight is 145 g/mol. The van der Waals surface area contributed by atoms with Gasteiger partial charge in [0.05, 0.1) is 0 Å². The van der Waals surface area contributed by atoms with Crippen LogP contribution in [-0.4, -0.2) is 5.11 Å². The van der Waals surface area contributed by atoms with Crippen LogP contribution in [-0.2, 0) is 0 Å². The SMILES string of the molecule is C=C(O)/C=C(/CC)SN. The normalized spacial score (nSPS) is 11.6. The molecule has 3 N–H and O–H groups in total. The molecule has 0 unspecified atom stereocenters. The minimum Gasteiger partial charge on any atom is -0.509 e. The first kappa shape index (κ1) is 8.59. The van der Waals surface area contributed by atoms with E-state index >= 15 is 0 Å². The molecule has 0 aromatic carbocycles. The molecule has 0 aliphatic heterocycles. The van der Waals surface area contributed by atoms with Crippen molar-refractivity contribution in [2.45, 2.75) is 13.3 Å². The molecule has 0 aromatic heterocycles. The summed E-state index contributed by atoms with van der Waals surface area (Å²) < 4.78 is 0. The summed E-state index contributed by atoms with van der Waals surface area (Å²) in [5.74, 6) is 0.0600. The standard InChI is InChI=1S/C6H11NOS/c1-3-6(9-7)4-5(2)8/h4,8H,2-3,7H2,1H3/b6-4-. The van der Waals surface area contributed by atoms with Crippen LogP contribution in [0.1, 0.15) is 13.3 Å². The van der Waals surface area contributed by atoms with Crippen molar-refractivity contribution in [1.29, 1.82) is 0 Å². The van der Waals surface area contributed by atoms with Gasteiger partial charge >= 0.3 is 0 Å². The van der Waals surface area contributed by atoms with Crippen LogP contribution in [0.15, 0.2) is 23.3 Å². The van der Waals surface area contributed by atoms with Gasteiger partial charge in [0, 0.05) is 4.91 Å². The Morgan fingerprint density at radius 3 is 2.56 bits per heavy atom. The molecule has 9 heavy (non-hydrogen) atoms. The number of aliphatic hydroxyl groups is 1. The molecule has 0 heterocycles. The highest BCUT2D eigenvalue weighted by molar-refractivity contribution is 8.00. The summed E-state index contributed by atoms with van der Waals surface area (Å²) >= 11 is 1.14. The van der Waals surface area contributed by atoms with E-state index in [-0.39, 0.29) is 5.76 Å². The van der Waals surface area contributed by atoms with Crippen LogP contribution >= 0.6 is 11.9 Å². The van der Waals surface area contributed by atoms with Crippen LogP contribution in [0, 0.1) is 0 Å². The molecule has 0 bridgehead atoms. The van der Waals surface area contributed by atoms with Gasteiger partial charge in [0.2, 0.25) is 0 Å². The third-order valence-corrected chi connectivity index (χ3v) is 1.54. The van der Waals surface area contributed by atoms with Crippen LogP contribution in [0.3, 0.4) is 0 Å². The molecule has 0 amide bonds. The lowest BCUT2D eigenvalue weighted by Crippen LogP contribution is -1.82. The maximum absolute atomic E-state index is 8.65. The second kappa shape index (κ2) is 4.47. The van der Waals surface area contributed by atoms with E-state index in [1.807, 2.05) is 6.92 Å². The predicted octanol–water partition coefficient (Wildman–Crippen LogP) is 1.96. The number of hydrogen-bond donors (Lipinski definition) is 2. The van der Waals surface area contributed by atoms with Crippen molar-refractivity contribution in [3.63, 3.8) is 0 Å². The third-order valence-electron chi connectivity index (χ3n) is 0.827. The second-order valence-electron chi connectivity index (χ2n) is 1.57. The maximum Gasteiger partial charge on any atom is 0.109 e. The molecule has 0 aromatic rings. The van der Waals surface area contributed by atoms with Crippen molar-refractivity contribution >= 4 is 11.9 Å². The van der Waals surface area contributed by atoms with Gasteiger partial charge in [-0.2, -0.15) is 0 Å². The minimum absolute atomic E-state index is 0.0600. The number of nitrogens with two attached hydrogens (primary N) is 1. The largest absolute Gasteiger partial charge is 0.509 e. The van der Waals surface area contributed by atoms with Gasteiger partial charge in [-0.3, -0.25) is 5.14 Å². The molecule has 2 nitrogen and oxygen atoms in total. The van der Waals surface area contributed by atoms with Crippen molar-refractivity contribution in [1.82, 2.24) is 0 Å². The third kappa shape index (κ3) is 4.12. The summed E-state index contributed by atoms with van der Waals surface area (Å²) in [5.41, 5.74) is 0. The summed E-state index contributed by atoms with van der Waals surface area (Å²) in [6.07, 6.45) is 2.39. The Labute approximate surface area is 59.6 Å². The molecule has 0 fully saturated rings. The minimum atomic E-state index is 0.0600. The monoisotopic (exact) mass is 145 g/mol. The Bertz CT molecular complexity index is 125. The summed E-state index contributed by atoms with van der Waals surface area (Å²) in [4.78, 5) is 0.933. The Balaban J connectivity index is 3.91. The summed E-state index contributed by atoms with van der Waals surface area (Å²) in [6.45, 7) is 5.27. The van der Waals surface area contributed by atoms with Gasteiger partial charge in [0.25, 0.3) is 0 Å². The van der Waals surface area contributed by atoms with Crippen LogP contribution in [0.25, 0.3) is 0 Å². The molecule has 0 saturated carbocycles. The molecule has 0 aliphatic rings. The molecular weight excluding hydrogens is 134 g/mol. The van der Waals surface area contributed by atoms with Crippen molar-refractivity contribution in [2.75, 3.05) is 0 Å². The van der Waals surface area contributed by atoms with Gasteiger partial charge in [0.15, 0.2) is 0 Å². The fourth-order valence-electron chi connectivity index (χ4n) is 0.405. The van der Waals surface area contributed by atoms with E-state index in [0.29, 0.717) is 0 Å². The Hall–Kier alpha value is -0.410. The Morgan fingerprint density at radius 1 is 1.89 bits per heavy atom. The molecule has 0 spiro atoms. The number of aliphatic hydroxyl groups excluding tert-OH is 1. The first-order chi connectivity index (χ1) is 4.20. The number of rotatable bonds is 3. The number of allylic oxidation sites excluding steroid dienone is 2. The van der Waals surface area contributed by atoms with Gasteiger partial charge in [-0.1, -0.05) is 25.5 Å². The van der Waals surface area contributed by atoms with Gasteiger partial charge in [-0.25, -0.2) is 0 Å². The average Bonchev–Trinajstić information content (AvgIpc) is 1.82. The highest BCUT2D eigenvalue weighted by Crippen LogP contribution is 2.12. The number of hydrogen-bond acceptors (Lipinski definition) is 3. The zero-order chi connectivity index (χ0) is 7.28. The van der Waals surface area contributed by atoms with Crippen molar-refractivity contribution in [2.24, 2.45) is 5.14 Å². The van der Waals surface area contributed by atoms with Crippen LogP contribution in [0.5, 0.6) is 0 Å². The second-order valence-corrected chi connectivity index (χ2v) is 2.33. The molecule has 0 saturated heterocycles. The van der Waals surface area contributed by atoms with Gasteiger partial charge in [-0.15, -0.1) is 0 Å². The molecule has 0 rings (SSSR count). The van der Waals surface area contributed by atoms with E-state index in [0.717, 1.165) is 23.3 Å². The summed E-state index contributed by atoms with van der Waals surface area (Å²) in [5, 5.41) is 13.9. The van der Waals surface area contributed by atoms with Crippen LogP contribution in [0.2, 0.25) is 0 Å². The zero-order valence-electron chi connectivity index (χ0n) is 5.42. The fraction of sp³-hybridized carbons (Fsp3) is 0.333. The topological polar surface area (TPSA) is 46.2 Å². The lowest BCUT2D eigenvalue weighted by atomic mass is 10.4. The van der Waals surface area contributed by atoms with E-state index in [2.05, 4.69) is 6.58 Å². The molecule has 0 radical (unpaired) electrons. The highest BCUT2D eigenvalue weighted by atomic mass is 32.2. The smallest absolute Gasteiger partial charge is 0.109 e. The summed E-state index contributed by atoms with van der Waals surface area (Å²) in [6, 6.07) is 0. The first-order valence-corrected chi connectivity index (χ1v) is 3.53. The Kier molecular flexibility index (Phi) is 4.26. The Morgan fingerprint density at radius 2 is 2.44 bits per heavy atom. The van der Waals surface area contributed by atoms with Gasteiger partial charge < -0.3 is 5.11 Å². The van der Waals surface area contributed by atoms with Crippen molar-refractivity contribution in [3.05, 3.63) is 23.3 Å². The van der Waals surface area contributed by atoms with E-state index in [1.54, 1.807) is 6.08 Å². The lowest BCUT2D eigenvalue weighted by Gasteiger charge is -1.95. The van der Waals surface area contributed by atoms with Gasteiger partial charge in [0.1, 0.15) is 5.76 Å². The van der Waals surface area contributed by atoms with Crippen molar-refractivity contribution < 1.29 is 5.11 Å².